The van der Waals surface area contributed by atoms with Crippen LogP contribution in [0.2, 0.25) is 0 Å². The zero-order chi connectivity index (χ0) is 20.2. The van der Waals surface area contributed by atoms with Crippen LogP contribution in [0, 0.1) is 5.41 Å². The van der Waals surface area contributed by atoms with Gasteiger partial charge in [-0.3, -0.25) is 4.79 Å². The van der Waals surface area contributed by atoms with E-state index in [-0.39, 0.29) is 35.8 Å². The first-order valence-corrected chi connectivity index (χ1v) is 10.2. The number of hydrogen-bond donors (Lipinski definition) is 2. The maximum absolute atomic E-state index is 12.9. The van der Waals surface area contributed by atoms with Crippen molar-refractivity contribution in [2.75, 3.05) is 13.2 Å². The minimum atomic E-state index is -0.873. The predicted molar refractivity (Wildman–Crippen MR) is 120 cm³/mol. The van der Waals surface area contributed by atoms with E-state index < -0.39 is 5.54 Å². The number of hydrogen-bond acceptors (Lipinski definition) is 3. The fourth-order valence-corrected chi connectivity index (χ4v) is 4.20. The Bertz CT molecular complexity index is 742. The van der Waals surface area contributed by atoms with Gasteiger partial charge in [-0.2, -0.15) is 0 Å². The Labute approximate surface area is 180 Å². The van der Waals surface area contributed by atoms with Gasteiger partial charge in [0, 0.05) is 30.9 Å². The molecule has 29 heavy (non-hydrogen) atoms. The summed E-state index contributed by atoms with van der Waals surface area (Å²) in [6.07, 6.45) is 1.43. The first kappa shape index (κ1) is 23.4. The van der Waals surface area contributed by atoms with Crippen molar-refractivity contribution in [1.82, 2.24) is 5.32 Å². The van der Waals surface area contributed by atoms with Crippen LogP contribution in [0.15, 0.2) is 60.7 Å². The van der Waals surface area contributed by atoms with Gasteiger partial charge in [0.25, 0.3) is 0 Å². The number of ether oxygens (including phenoxy) is 1. The zero-order valence-electron chi connectivity index (χ0n) is 17.6. The van der Waals surface area contributed by atoms with Gasteiger partial charge in [0.05, 0.1) is 6.10 Å². The molecule has 0 aromatic heterocycles. The van der Waals surface area contributed by atoms with Crippen LogP contribution in [0.5, 0.6) is 0 Å². The summed E-state index contributed by atoms with van der Waals surface area (Å²) in [5.74, 6) is 0.162. The molecule has 0 radical (unpaired) electrons. The normalized spacial score (nSPS) is 22.4. The van der Waals surface area contributed by atoms with E-state index in [0.717, 1.165) is 6.42 Å². The largest absolute Gasteiger partial charge is 0.378 e. The average Bonchev–Trinajstić information content (AvgIpc) is 2.72. The van der Waals surface area contributed by atoms with E-state index in [2.05, 4.69) is 53.8 Å². The molecule has 0 spiro atoms. The second-order valence-electron chi connectivity index (χ2n) is 8.26. The molecule has 1 saturated carbocycles. The molecule has 3 N–H and O–H groups in total. The van der Waals surface area contributed by atoms with Crippen LogP contribution in [-0.4, -0.2) is 30.7 Å². The topological polar surface area (TPSA) is 64.3 Å². The lowest BCUT2D eigenvalue weighted by Gasteiger charge is -2.57. The summed E-state index contributed by atoms with van der Waals surface area (Å²) in [6, 6.07) is 20.9. The van der Waals surface area contributed by atoms with Gasteiger partial charge < -0.3 is 15.8 Å². The average molecular weight is 417 g/mol. The van der Waals surface area contributed by atoms with Gasteiger partial charge >= 0.3 is 0 Å². The quantitative estimate of drug-likeness (QED) is 0.675. The Morgan fingerprint density at radius 2 is 1.62 bits per heavy atom. The van der Waals surface area contributed by atoms with E-state index in [1.807, 2.05) is 32.9 Å². The smallest absolute Gasteiger partial charge is 0.240 e. The van der Waals surface area contributed by atoms with Crippen LogP contribution in [0.4, 0.5) is 0 Å². The number of amides is 1. The highest BCUT2D eigenvalue weighted by Gasteiger charge is 2.62. The maximum Gasteiger partial charge on any atom is 0.240 e. The molecular formula is C24H33ClN2O2. The zero-order valence-corrected chi connectivity index (χ0v) is 18.4. The Hall–Kier alpha value is -1.88. The Morgan fingerprint density at radius 3 is 2.07 bits per heavy atom. The second kappa shape index (κ2) is 9.75. The fourth-order valence-electron chi connectivity index (χ4n) is 4.20. The summed E-state index contributed by atoms with van der Waals surface area (Å²) in [6.45, 7) is 7.24. The fraction of sp³-hybridized carbons (Fsp3) is 0.458. The molecule has 0 saturated heterocycles. The van der Waals surface area contributed by atoms with Gasteiger partial charge in [-0.05, 0) is 24.5 Å². The Kier molecular flexibility index (Phi) is 7.87. The molecule has 3 rings (SSSR count). The number of rotatable bonds is 8. The summed E-state index contributed by atoms with van der Waals surface area (Å²) in [5, 5.41) is 3.09. The van der Waals surface area contributed by atoms with Crippen molar-refractivity contribution in [3.63, 3.8) is 0 Å². The molecule has 0 aliphatic heterocycles. The van der Waals surface area contributed by atoms with Crippen LogP contribution in [0.25, 0.3) is 0 Å². The van der Waals surface area contributed by atoms with Crippen LogP contribution in [-0.2, 0) is 9.53 Å². The molecule has 0 bridgehead atoms. The number of nitrogens with one attached hydrogen (secondary N) is 1. The summed E-state index contributed by atoms with van der Waals surface area (Å²) in [5.41, 5.74) is 7.76. The van der Waals surface area contributed by atoms with Crippen molar-refractivity contribution < 1.29 is 9.53 Å². The van der Waals surface area contributed by atoms with Gasteiger partial charge in [-0.15, -0.1) is 12.4 Å². The lowest BCUT2D eigenvalue weighted by Crippen LogP contribution is -2.75. The van der Waals surface area contributed by atoms with Crippen LogP contribution >= 0.6 is 12.4 Å². The third-order valence-corrected chi connectivity index (χ3v) is 6.36. The van der Waals surface area contributed by atoms with E-state index in [1.54, 1.807) is 0 Å². The van der Waals surface area contributed by atoms with Crippen molar-refractivity contribution >= 4 is 18.3 Å². The minimum absolute atomic E-state index is 0. The molecule has 2 unspecified atom stereocenters. The maximum atomic E-state index is 12.9. The number of carbonyl (C=O) groups is 1. The third-order valence-electron chi connectivity index (χ3n) is 6.36. The van der Waals surface area contributed by atoms with Gasteiger partial charge in [0.15, 0.2) is 0 Å². The first-order valence-electron chi connectivity index (χ1n) is 10.2. The van der Waals surface area contributed by atoms with Crippen molar-refractivity contribution in [3.8, 4) is 0 Å². The molecule has 1 amide bonds. The van der Waals surface area contributed by atoms with Crippen LogP contribution < -0.4 is 11.1 Å². The molecule has 0 heterocycles. The van der Waals surface area contributed by atoms with Gasteiger partial charge in [0.2, 0.25) is 5.91 Å². The lowest BCUT2D eigenvalue weighted by molar-refractivity contribution is -0.170. The van der Waals surface area contributed by atoms with E-state index >= 15 is 0 Å². The molecule has 2 aromatic carbocycles. The highest BCUT2D eigenvalue weighted by atomic mass is 35.5. The van der Waals surface area contributed by atoms with E-state index in [4.69, 9.17) is 10.5 Å². The van der Waals surface area contributed by atoms with Gasteiger partial charge in [0.1, 0.15) is 5.54 Å². The minimum Gasteiger partial charge on any atom is -0.378 e. The third kappa shape index (κ3) is 4.66. The van der Waals surface area contributed by atoms with Gasteiger partial charge in [-0.1, -0.05) is 74.5 Å². The summed E-state index contributed by atoms with van der Waals surface area (Å²) in [4.78, 5) is 12.9. The predicted octanol–water partition coefficient (Wildman–Crippen LogP) is 4.28. The SMILES string of the molecule is CCOC1CC(N)(C(=O)NCCC(c2ccccc2)c2ccccc2)C1(C)C.Cl. The summed E-state index contributed by atoms with van der Waals surface area (Å²) >= 11 is 0. The van der Waals surface area contributed by atoms with E-state index in [1.165, 1.54) is 11.1 Å². The van der Waals surface area contributed by atoms with Crippen LogP contribution in [0.1, 0.15) is 50.7 Å². The molecule has 2 aromatic rings. The summed E-state index contributed by atoms with van der Waals surface area (Å²) in [7, 11) is 0. The molecule has 4 nitrogen and oxygen atoms in total. The number of benzene rings is 2. The molecule has 158 valence electrons. The summed E-state index contributed by atoms with van der Waals surface area (Å²) < 4.78 is 5.74. The van der Waals surface area contributed by atoms with Crippen LogP contribution in [0.3, 0.4) is 0 Å². The lowest BCUT2D eigenvalue weighted by atomic mass is 9.54. The standard InChI is InChI=1S/C24H32N2O2.ClH/c1-4-28-21-17-24(25,23(21,2)3)22(27)26-16-15-20(18-11-7-5-8-12-18)19-13-9-6-10-14-19;/h5-14,20-21H,4,15-17,25H2,1-3H3,(H,26,27);1H. The molecular weight excluding hydrogens is 384 g/mol. The molecule has 1 fully saturated rings. The van der Waals surface area contributed by atoms with Crippen molar-refractivity contribution in [3.05, 3.63) is 71.8 Å². The monoisotopic (exact) mass is 416 g/mol. The van der Waals surface area contributed by atoms with Crippen molar-refractivity contribution in [1.29, 1.82) is 0 Å². The van der Waals surface area contributed by atoms with Crippen molar-refractivity contribution in [2.24, 2.45) is 11.1 Å². The molecule has 2 atom stereocenters. The Balaban J connectivity index is 0.00000300. The highest BCUT2D eigenvalue weighted by molar-refractivity contribution is 5.88. The Morgan fingerprint density at radius 1 is 1.10 bits per heavy atom. The number of halogens is 1. The number of nitrogens with two attached hydrogens (primary N) is 1. The molecule has 1 aliphatic rings. The molecule has 5 heteroatoms. The van der Waals surface area contributed by atoms with E-state index in [9.17, 15) is 4.79 Å². The first-order chi connectivity index (χ1) is 13.4. The second-order valence-corrected chi connectivity index (χ2v) is 8.26. The van der Waals surface area contributed by atoms with E-state index in [0.29, 0.717) is 19.6 Å². The van der Waals surface area contributed by atoms with Crippen molar-refractivity contribution in [2.45, 2.75) is 51.2 Å². The highest BCUT2D eigenvalue weighted by Crippen LogP contribution is 2.49. The molecule has 1 aliphatic carbocycles. The number of carbonyl (C=O) groups excluding carboxylic acids is 1. The van der Waals surface area contributed by atoms with Gasteiger partial charge in [-0.25, -0.2) is 0 Å².